The second kappa shape index (κ2) is 5.69. The molecule has 1 aliphatic heterocycles. The van der Waals surface area contributed by atoms with E-state index in [4.69, 9.17) is 4.74 Å². The monoisotopic (exact) mass is 273 g/mol. The van der Waals surface area contributed by atoms with Gasteiger partial charge in [0.05, 0.1) is 12.3 Å². The fourth-order valence-electron chi connectivity index (χ4n) is 2.14. The highest BCUT2D eigenvalue weighted by Crippen LogP contribution is 2.26. The Morgan fingerprint density at radius 3 is 2.40 bits per heavy atom. The number of anilines is 1. The predicted octanol–water partition coefficient (Wildman–Crippen LogP) is 1.92. The van der Waals surface area contributed by atoms with Crippen molar-refractivity contribution in [2.24, 2.45) is 0 Å². The van der Waals surface area contributed by atoms with Crippen LogP contribution in [0, 0.1) is 0 Å². The molecule has 0 aliphatic carbocycles. The van der Waals surface area contributed by atoms with E-state index in [1.54, 1.807) is 30.3 Å². The predicted molar refractivity (Wildman–Crippen MR) is 73.8 cm³/mol. The highest BCUT2D eigenvalue weighted by atomic mass is 16.5. The van der Waals surface area contributed by atoms with Crippen molar-refractivity contribution >= 4 is 29.5 Å². The molecule has 1 aliphatic rings. The molecule has 0 bridgehead atoms. The molecule has 20 heavy (non-hydrogen) atoms. The minimum Gasteiger partial charge on any atom is -0.462 e. The number of para-hydroxylation sites is 1. The minimum absolute atomic E-state index is 0.350. The number of rotatable bonds is 2. The summed E-state index contributed by atoms with van der Waals surface area (Å²) in [6, 6.07) is 6.96. The molecule has 5 heteroatoms. The van der Waals surface area contributed by atoms with E-state index in [-0.39, 0.29) is 17.8 Å². The van der Waals surface area contributed by atoms with Gasteiger partial charge in [-0.3, -0.25) is 14.5 Å². The van der Waals surface area contributed by atoms with Gasteiger partial charge < -0.3 is 4.74 Å². The molecule has 0 spiro atoms. The van der Waals surface area contributed by atoms with Crippen LogP contribution in [0.1, 0.15) is 25.8 Å². The Balaban J connectivity index is 2.47. The summed E-state index contributed by atoms with van der Waals surface area (Å²) in [5.74, 6) is -1.08. The number of hydrogen-bond acceptors (Lipinski definition) is 4. The van der Waals surface area contributed by atoms with Crippen LogP contribution in [-0.2, 0) is 19.1 Å². The average molecular weight is 273 g/mol. The van der Waals surface area contributed by atoms with Crippen molar-refractivity contribution in [1.29, 1.82) is 0 Å². The molecule has 2 amide bonds. The Bertz CT molecular complexity index is 590. The topological polar surface area (TPSA) is 63.7 Å². The molecule has 0 saturated carbocycles. The Hall–Kier alpha value is -2.43. The molecule has 1 aromatic rings. The summed E-state index contributed by atoms with van der Waals surface area (Å²) in [5, 5.41) is 0. The lowest BCUT2D eigenvalue weighted by Gasteiger charge is -2.19. The summed E-state index contributed by atoms with van der Waals surface area (Å²) in [6.45, 7) is 3.03. The van der Waals surface area contributed by atoms with Crippen LogP contribution in [0.4, 0.5) is 5.69 Å². The fraction of sp³-hybridized carbons (Fsp3) is 0.267. The normalized spacial score (nSPS) is 16.1. The maximum absolute atomic E-state index is 11.6. The van der Waals surface area contributed by atoms with E-state index in [9.17, 15) is 14.4 Å². The number of imide groups is 1. The highest BCUT2D eigenvalue weighted by Gasteiger charge is 2.22. The standard InChI is InChI=1S/C15H15NO4/c1-10(17)16(11(2)18)14-6-4-3-5-12(14)9-13-7-8-20-15(13)19/h3-6,9H,7-8H2,1-2H3/b13-9+. The van der Waals surface area contributed by atoms with Gasteiger partial charge in [-0.1, -0.05) is 18.2 Å². The molecular formula is C15H15NO4. The second-order valence-electron chi connectivity index (χ2n) is 4.49. The van der Waals surface area contributed by atoms with Crippen LogP contribution in [-0.4, -0.2) is 24.4 Å². The molecular weight excluding hydrogens is 258 g/mol. The van der Waals surface area contributed by atoms with E-state index in [0.29, 0.717) is 29.9 Å². The zero-order valence-electron chi connectivity index (χ0n) is 11.4. The maximum Gasteiger partial charge on any atom is 0.334 e. The van der Waals surface area contributed by atoms with Gasteiger partial charge >= 0.3 is 5.97 Å². The van der Waals surface area contributed by atoms with E-state index in [1.807, 2.05) is 0 Å². The van der Waals surface area contributed by atoms with E-state index < -0.39 is 0 Å². The first-order valence-electron chi connectivity index (χ1n) is 6.28. The van der Waals surface area contributed by atoms with Gasteiger partial charge in [0.2, 0.25) is 11.8 Å². The molecule has 1 heterocycles. The van der Waals surface area contributed by atoms with Crippen molar-refractivity contribution in [3.8, 4) is 0 Å². The molecule has 1 fully saturated rings. The van der Waals surface area contributed by atoms with Gasteiger partial charge in [0, 0.05) is 25.8 Å². The Morgan fingerprint density at radius 2 is 1.85 bits per heavy atom. The minimum atomic E-state index is -0.364. The van der Waals surface area contributed by atoms with Crippen molar-refractivity contribution in [3.63, 3.8) is 0 Å². The second-order valence-corrected chi connectivity index (χ2v) is 4.49. The zero-order valence-corrected chi connectivity index (χ0v) is 11.4. The fourth-order valence-corrected chi connectivity index (χ4v) is 2.14. The third-order valence-corrected chi connectivity index (χ3v) is 3.00. The summed E-state index contributed by atoms with van der Waals surface area (Å²) in [4.78, 5) is 35.8. The van der Waals surface area contributed by atoms with E-state index in [1.165, 1.54) is 13.8 Å². The molecule has 0 aromatic heterocycles. The highest BCUT2D eigenvalue weighted by molar-refractivity contribution is 6.14. The van der Waals surface area contributed by atoms with Crippen LogP contribution in [0.5, 0.6) is 0 Å². The van der Waals surface area contributed by atoms with Crippen molar-refractivity contribution in [2.45, 2.75) is 20.3 Å². The first-order valence-corrected chi connectivity index (χ1v) is 6.28. The molecule has 0 radical (unpaired) electrons. The molecule has 104 valence electrons. The van der Waals surface area contributed by atoms with E-state index in [2.05, 4.69) is 0 Å². The van der Waals surface area contributed by atoms with Crippen LogP contribution in [0.25, 0.3) is 6.08 Å². The lowest BCUT2D eigenvalue weighted by Crippen LogP contribution is -2.33. The van der Waals surface area contributed by atoms with Crippen molar-refractivity contribution < 1.29 is 19.1 Å². The number of carbonyl (C=O) groups is 3. The summed E-state index contributed by atoms with van der Waals surface area (Å²) >= 11 is 0. The molecule has 5 nitrogen and oxygen atoms in total. The number of carbonyl (C=O) groups excluding carboxylic acids is 3. The van der Waals surface area contributed by atoms with Gasteiger partial charge in [-0.2, -0.15) is 0 Å². The summed E-state index contributed by atoms with van der Waals surface area (Å²) < 4.78 is 4.88. The Kier molecular flexibility index (Phi) is 3.98. The summed E-state index contributed by atoms with van der Waals surface area (Å²) in [6.07, 6.45) is 2.21. The lowest BCUT2D eigenvalue weighted by molar-refractivity contribution is -0.135. The smallest absolute Gasteiger partial charge is 0.334 e. The van der Waals surface area contributed by atoms with Gasteiger partial charge in [0.15, 0.2) is 0 Å². The quantitative estimate of drug-likeness (QED) is 0.610. The van der Waals surface area contributed by atoms with Crippen LogP contribution < -0.4 is 4.90 Å². The van der Waals surface area contributed by atoms with Crippen molar-refractivity contribution in [1.82, 2.24) is 0 Å². The van der Waals surface area contributed by atoms with Crippen LogP contribution >= 0.6 is 0 Å². The van der Waals surface area contributed by atoms with Gasteiger partial charge in [-0.15, -0.1) is 0 Å². The first kappa shape index (κ1) is 14.0. The van der Waals surface area contributed by atoms with Crippen molar-refractivity contribution in [3.05, 3.63) is 35.4 Å². The average Bonchev–Trinajstić information content (AvgIpc) is 2.76. The van der Waals surface area contributed by atoms with E-state index >= 15 is 0 Å². The maximum atomic E-state index is 11.6. The zero-order chi connectivity index (χ0) is 14.7. The summed E-state index contributed by atoms with van der Waals surface area (Å²) in [7, 11) is 0. The molecule has 2 rings (SSSR count). The number of benzene rings is 1. The SMILES string of the molecule is CC(=O)N(C(C)=O)c1ccccc1/C=C1\CCOC1=O. The largest absolute Gasteiger partial charge is 0.462 e. The van der Waals surface area contributed by atoms with Gasteiger partial charge in [-0.05, 0) is 17.7 Å². The van der Waals surface area contributed by atoms with Gasteiger partial charge in [-0.25, -0.2) is 4.79 Å². The van der Waals surface area contributed by atoms with Crippen LogP contribution in [0.2, 0.25) is 0 Å². The number of amides is 2. The number of ether oxygens (including phenoxy) is 1. The van der Waals surface area contributed by atoms with Gasteiger partial charge in [0.1, 0.15) is 0 Å². The molecule has 0 N–H and O–H groups in total. The van der Waals surface area contributed by atoms with Crippen LogP contribution in [0.3, 0.4) is 0 Å². The van der Waals surface area contributed by atoms with Crippen molar-refractivity contribution in [2.75, 3.05) is 11.5 Å². The number of esters is 1. The number of cyclic esters (lactones) is 1. The number of nitrogens with zero attached hydrogens (tertiary/aromatic N) is 1. The Morgan fingerprint density at radius 1 is 1.20 bits per heavy atom. The molecule has 1 saturated heterocycles. The Labute approximate surface area is 116 Å². The lowest BCUT2D eigenvalue weighted by atomic mass is 10.1. The van der Waals surface area contributed by atoms with Crippen LogP contribution in [0.15, 0.2) is 29.8 Å². The third kappa shape index (κ3) is 2.77. The molecule has 0 atom stereocenters. The van der Waals surface area contributed by atoms with Gasteiger partial charge in [0.25, 0.3) is 0 Å². The molecule has 1 aromatic carbocycles. The first-order chi connectivity index (χ1) is 9.50. The van der Waals surface area contributed by atoms with E-state index in [0.717, 1.165) is 4.90 Å². The third-order valence-electron chi connectivity index (χ3n) is 3.00. The molecule has 0 unspecified atom stereocenters. The summed E-state index contributed by atoms with van der Waals surface area (Å²) in [5.41, 5.74) is 1.66. The number of hydrogen-bond donors (Lipinski definition) is 0.